The van der Waals surface area contributed by atoms with Crippen LogP contribution >= 0.6 is 0 Å². The summed E-state index contributed by atoms with van der Waals surface area (Å²) >= 11 is 0. The minimum absolute atomic E-state index is 0.0400. The van der Waals surface area contributed by atoms with Crippen LogP contribution in [0.2, 0.25) is 0 Å². The van der Waals surface area contributed by atoms with Crippen molar-refractivity contribution >= 4 is 11.9 Å². The Bertz CT molecular complexity index is 259. The molecule has 8 nitrogen and oxygen atoms in total. The second-order valence-corrected chi connectivity index (χ2v) is 2.76. The molecular weight excluding hydrogens is 220 g/mol. The van der Waals surface area contributed by atoms with Crippen molar-refractivity contribution in [1.82, 2.24) is 4.90 Å². The normalized spacial score (nSPS) is 14.1. The first-order valence-electron chi connectivity index (χ1n) is 4.70. The Morgan fingerprint density at radius 3 is 2.31 bits per heavy atom. The fourth-order valence-corrected chi connectivity index (χ4v) is 1.18. The van der Waals surface area contributed by atoms with Crippen molar-refractivity contribution in [2.75, 3.05) is 19.7 Å². The van der Waals surface area contributed by atoms with Crippen LogP contribution in [-0.2, 0) is 19.2 Å². The molecule has 0 spiro atoms. The molecule has 0 aromatic carbocycles. The summed E-state index contributed by atoms with van der Waals surface area (Å²) in [4.78, 5) is 26.6. The molecule has 16 heavy (non-hydrogen) atoms. The van der Waals surface area contributed by atoms with Crippen molar-refractivity contribution in [3.05, 3.63) is 0 Å². The van der Waals surface area contributed by atoms with Crippen molar-refractivity contribution in [3.63, 3.8) is 0 Å². The third-order valence-electron chi connectivity index (χ3n) is 1.85. The molecule has 1 amide bonds. The van der Waals surface area contributed by atoms with Gasteiger partial charge in [0.2, 0.25) is 5.91 Å². The Balaban J connectivity index is 5.12. The number of ether oxygens (including phenoxy) is 1. The number of carbonyl (C=O) groups excluding carboxylic acids is 2. The van der Waals surface area contributed by atoms with Crippen LogP contribution in [0.1, 0.15) is 13.8 Å². The van der Waals surface area contributed by atoms with Crippen molar-refractivity contribution in [2.45, 2.75) is 19.8 Å². The van der Waals surface area contributed by atoms with Gasteiger partial charge in [0.15, 0.2) is 0 Å². The van der Waals surface area contributed by atoms with Crippen molar-refractivity contribution in [2.24, 2.45) is 5.73 Å². The lowest BCUT2D eigenvalue weighted by Crippen LogP contribution is -2.60. The topological polar surface area (TPSA) is 122 Å². The summed E-state index contributed by atoms with van der Waals surface area (Å²) in [5, 5.41) is 18.1. The molecule has 1 atom stereocenters. The van der Waals surface area contributed by atoms with E-state index in [0.29, 0.717) is 4.90 Å². The zero-order valence-electron chi connectivity index (χ0n) is 9.17. The van der Waals surface area contributed by atoms with Gasteiger partial charge in [0, 0.05) is 13.2 Å². The lowest BCUT2D eigenvalue weighted by molar-refractivity contribution is -0.318. The van der Waals surface area contributed by atoms with Gasteiger partial charge in [0.25, 0.3) is 0 Å². The molecule has 0 saturated carbocycles. The molecule has 0 rings (SSSR count). The van der Waals surface area contributed by atoms with Gasteiger partial charge in [-0.2, -0.15) is 5.26 Å². The molecule has 0 aromatic rings. The molecule has 0 bridgehead atoms. The molecule has 4 N–H and O–H groups in total. The Kier molecular flexibility index (Phi) is 5.89. The van der Waals surface area contributed by atoms with Crippen LogP contribution in [0.3, 0.4) is 0 Å². The van der Waals surface area contributed by atoms with Crippen LogP contribution in [-0.4, -0.2) is 52.7 Å². The molecule has 0 aliphatic rings. The largest absolute Gasteiger partial charge is 0.423 e. The maximum atomic E-state index is 11.4. The van der Waals surface area contributed by atoms with Gasteiger partial charge < -0.3 is 15.6 Å². The van der Waals surface area contributed by atoms with Gasteiger partial charge in [-0.3, -0.25) is 14.6 Å². The average molecular weight is 236 g/mol. The highest BCUT2D eigenvalue weighted by molar-refractivity contribution is 5.86. The molecule has 0 aliphatic heterocycles. The van der Waals surface area contributed by atoms with Gasteiger partial charge in [0.1, 0.15) is 0 Å². The van der Waals surface area contributed by atoms with E-state index in [2.05, 4.69) is 4.89 Å². The first kappa shape index (κ1) is 14.8. The number of aliphatic hydroxyl groups is 1. The minimum atomic E-state index is -2.66. The fraction of sp³-hybridized carbons (Fsp3) is 0.750. The number of likely N-dealkylation sites (N-methyl/N-ethyl adjacent to an activating group) is 1. The van der Waals surface area contributed by atoms with Crippen LogP contribution in [0.5, 0.6) is 0 Å². The summed E-state index contributed by atoms with van der Waals surface area (Å²) in [6.45, 7) is 2.47. The van der Waals surface area contributed by atoms with Gasteiger partial charge in [-0.15, -0.1) is 0 Å². The summed E-state index contributed by atoms with van der Waals surface area (Å²) in [5.41, 5.74) is 5.11. The zero-order valence-corrected chi connectivity index (χ0v) is 9.17. The molecule has 1 unspecified atom stereocenters. The Hall–Kier alpha value is -1.22. The Morgan fingerprint density at radius 1 is 1.44 bits per heavy atom. The second-order valence-electron chi connectivity index (χ2n) is 2.76. The van der Waals surface area contributed by atoms with E-state index in [1.807, 2.05) is 0 Å². The van der Waals surface area contributed by atoms with E-state index in [9.17, 15) is 14.7 Å². The summed E-state index contributed by atoms with van der Waals surface area (Å²) < 4.78 is 4.73. The molecule has 94 valence electrons. The molecule has 0 aliphatic carbocycles. The van der Waals surface area contributed by atoms with Crippen LogP contribution in [0, 0.1) is 0 Å². The van der Waals surface area contributed by atoms with Crippen LogP contribution in [0.4, 0.5) is 0 Å². The van der Waals surface area contributed by atoms with E-state index < -0.39 is 24.3 Å². The molecule has 0 radical (unpaired) electrons. The molecule has 8 heteroatoms. The van der Waals surface area contributed by atoms with E-state index in [0.717, 1.165) is 0 Å². The van der Waals surface area contributed by atoms with Crippen molar-refractivity contribution in [1.29, 1.82) is 0 Å². The van der Waals surface area contributed by atoms with Crippen molar-refractivity contribution < 1.29 is 29.6 Å². The summed E-state index contributed by atoms with van der Waals surface area (Å²) in [6, 6.07) is 0. The predicted molar refractivity (Wildman–Crippen MR) is 51.7 cm³/mol. The third kappa shape index (κ3) is 2.89. The smallest absolute Gasteiger partial charge is 0.339 e. The van der Waals surface area contributed by atoms with E-state index >= 15 is 0 Å². The first-order valence-corrected chi connectivity index (χ1v) is 4.70. The number of nitrogens with zero attached hydrogens (tertiary/aromatic N) is 1. The van der Waals surface area contributed by atoms with Gasteiger partial charge in [-0.25, -0.2) is 4.79 Å². The van der Waals surface area contributed by atoms with E-state index in [1.165, 1.54) is 13.8 Å². The molecule has 0 fully saturated rings. The fourth-order valence-electron chi connectivity index (χ4n) is 1.18. The minimum Gasteiger partial charge on any atom is -0.339 e. The predicted octanol–water partition coefficient (Wildman–Crippen LogP) is -1.51. The number of hydrogen-bond acceptors (Lipinski definition) is 7. The maximum Gasteiger partial charge on any atom is 0.423 e. The highest BCUT2D eigenvalue weighted by atomic mass is 17.1. The molecule has 0 aromatic heterocycles. The lowest BCUT2D eigenvalue weighted by Gasteiger charge is -2.34. The monoisotopic (exact) mass is 236 g/mol. The van der Waals surface area contributed by atoms with Gasteiger partial charge in [-0.05, 0) is 13.8 Å². The lowest BCUT2D eigenvalue weighted by atomic mass is 10.3. The number of hydrogen-bond donors (Lipinski definition) is 3. The van der Waals surface area contributed by atoms with Crippen LogP contribution in [0.15, 0.2) is 0 Å². The Labute approximate surface area is 92.5 Å². The highest BCUT2D eigenvalue weighted by Gasteiger charge is 2.47. The number of amides is 1. The van der Waals surface area contributed by atoms with Gasteiger partial charge >= 0.3 is 11.9 Å². The van der Waals surface area contributed by atoms with Crippen LogP contribution in [0.25, 0.3) is 0 Å². The Morgan fingerprint density at radius 2 is 2.00 bits per heavy atom. The molecule has 0 heterocycles. The third-order valence-corrected chi connectivity index (χ3v) is 1.85. The summed E-state index contributed by atoms with van der Waals surface area (Å²) in [5.74, 6) is -4.88. The number of nitrogens with two attached hydrogens (primary N) is 1. The average Bonchev–Trinajstić information content (AvgIpc) is 2.28. The molecule has 0 saturated heterocycles. The van der Waals surface area contributed by atoms with Crippen molar-refractivity contribution in [3.8, 4) is 0 Å². The van der Waals surface area contributed by atoms with Gasteiger partial charge in [0.05, 0.1) is 6.54 Å². The first-order chi connectivity index (χ1) is 7.47. The highest BCUT2D eigenvalue weighted by Crippen LogP contribution is 2.16. The second kappa shape index (κ2) is 6.38. The quantitative estimate of drug-likeness (QED) is 0.291. The SMILES string of the molecule is CCOC(O)(C(=O)OO)N(CC)C(=O)CN. The number of rotatable bonds is 6. The van der Waals surface area contributed by atoms with E-state index in [4.69, 9.17) is 15.7 Å². The standard InChI is InChI=1S/C8H16N2O6/c1-3-10(6(11)5-9)8(13,15-4-2)7(12)16-14/h13-14H,3-5,9H2,1-2H3. The summed E-state index contributed by atoms with van der Waals surface area (Å²) in [6.07, 6.45) is 0. The zero-order chi connectivity index (χ0) is 12.8. The van der Waals surface area contributed by atoms with E-state index in [-0.39, 0.29) is 13.2 Å². The van der Waals surface area contributed by atoms with Gasteiger partial charge in [-0.1, -0.05) is 0 Å². The van der Waals surface area contributed by atoms with E-state index in [1.54, 1.807) is 0 Å². The maximum absolute atomic E-state index is 11.4. The number of carbonyl (C=O) groups is 2. The van der Waals surface area contributed by atoms with Crippen LogP contribution < -0.4 is 5.73 Å². The molecular formula is C8H16N2O6. The summed E-state index contributed by atoms with van der Waals surface area (Å²) in [7, 11) is 0.